The highest BCUT2D eigenvalue weighted by Gasteiger charge is 2.32. The summed E-state index contributed by atoms with van der Waals surface area (Å²) in [6.45, 7) is 5.98. The lowest BCUT2D eigenvalue weighted by molar-refractivity contribution is 0.161. The van der Waals surface area contributed by atoms with Gasteiger partial charge in [0.1, 0.15) is 0 Å². The van der Waals surface area contributed by atoms with Gasteiger partial charge in [0.05, 0.1) is 11.9 Å². The number of aliphatic hydroxyl groups is 1. The molecule has 0 radical (unpaired) electrons. The minimum absolute atomic E-state index is 0.0539. The zero-order chi connectivity index (χ0) is 10.9. The van der Waals surface area contributed by atoms with Crippen LogP contribution in [0.4, 0.5) is 0 Å². The Labute approximate surface area is 87.5 Å². The van der Waals surface area contributed by atoms with E-state index >= 15 is 0 Å². The van der Waals surface area contributed by atoms with Crippen LogP contribution in [0, 0.1) is 5.41 Å². The van der Waals surface area contributed by atoms with Crippen LogP contribution in [0.25, 0.3) is 0 Å². The summed E-state index contributed by atoms with van der Waals surface area (Å²) in [6.07, 6.45) is 1.19. The number of hydrogen-bond donors (Lipinski definition) is 2. The van der Waals surface area contributed by atoms with E-state index < -0.39 is 17.2 Å². The molecule has 82 valence electrons. The molecule has 0 aliphatic heterocycles. The third-order valence-corrected chi connectivity index (χ3v) is 3.64. The van der Waals surface area contributed by atoms with Gasteiger partial charge in [-0.05, 0) is 36.3 Å². The lowest BCUT2D eigenvalue weighted by Gasteiger charge is -2.36. The molecule has 2 atom stereocenters. The molecule has 0 heterocycles. The zero-order valence-electron chi connectivity index (χ0n) is 8.91. The molecule has 0 fully saturated rings. The van der Waals surface area contributed by atoms with E-state index in [1.54, 1.807) is 0 Å². The molecule has 4 heteroatoms. The molecule has 0 aromatic carbocycles. The van der Waals surface area contributed by atoms with E-state index in [0.717, 1.165) is 24.0 Å². The van der Waals surface area contributed by atoms with E-state index in [0.29, 0.717) is 0 Å². The van der Waals surface area contributed by atoms with Crippen molar-refractivity contribution in [3.63, 3.8) is 0 Å². The Bertz CT molecular complexity index is 281. The van der Waals surface area contributed by atoms with Gasteiger partial charge >= 0.3 is 0 Å². The summed E-state index contributed by atoms with van der Waals surface area (Å²) < 4.78 is 19.7. The summed E-state index contributed by atoms with van der Waals surface area (Å²) in [5.41, 5.74) is 1.77. The molecule has 0 amide bonds. The Morgan fingerprint density at radius 3 is 2.64 bits per heavy atom. The predicted octanol–water partition coefficient (Wildman–Crippen LogP) is 1.71. The van der Waals surface area contributed by atoms with Crippen LogP contribution in [0.2, 0.25) is 0 Å². The molecule has 0 bridgehead atoms. The van der Waals surface area contributed by atoms with Gasteiger partial charge in [0.2, 0.25) is 0 Å². The molecule has 2 N–H and O–H groups in total. The normalized spacial score (nSPS) is 29.1. The second-order valence-electron chi connectivity index (χ2n) is 4.57. The SMILES string of the molecule is CC1=C(CS(=O)O)C(C)(C)CCC1O. The van der Waals surface area contributed by atoms with Gasteiger partial charge in [0.15, 0.2) is 11.1 Å². The third kappa shape index (κ3) is 2.43. The van der Waals surface area contributed by atoms with Crippen LogP contribution < -0.4 is 0 Å². The van der Waals surface area contributed by atoms with Crippen molar-refractivity contribution in [1.29, 1.82) is 0 Å². The number of rotatable bonds is 2. The Morgan fingerprint density at radius 1 is 1.57 bits per heavy atom. The van der Waals surface area contributed by atoms with Gasteiger partial charge in [-0.2, -0.15) is 0 Å². The molecule has 0 aromatic rings. The average Bonchev–Trinajstić information content (AvgIpc) is 2.06. The Balaban J connectivity index is 3.02. The minimum Gasteiger partial charge on any atom is -0.389 e. The molecule has 2 unspecified atom stereocenters. The van der Waals surface area contributed by atoms with Crippen LogP contribution in [-0.2, 0) is 11.1 Å². The van der Waals surface area contributed by atoms with Gasteiger partial charge in [-0.1, -0.05) is 13.8 Å². The number of hydrogen-bond acceptors (Lipinski definition) is 2. The van der Waals surface area contributed by atoms with Crippen molar-refractivity contribution in [2.24, 2.45) is 5.41 Å². The van der Waals surface area contributed by atoms with Crippen molar-refractivity contribution in [3.8, 4) is 0 Å². The Morgan fingerprint density at radius 2 is 2.14 bits per heavy atom. The summed E-state index contributed by atoms with van der Waals surface area (Å²) >= 11 is -1.81. The molecule has 0 aromatic heterocycles. The fraction of sp³-hybridized carbons (Fsp3) is 0.800. The quantitative estimate of drug-likeness (QED) is 0.548. The first kappa shape index (κ1) is 11.9. The number of aliphatic hydroxyl groups excluding tert-OH is 1. The summed E-state index contributed by atoms with van der Waals surface area (Å²) in [5, 5.41) is 9.65. The predicted molar refractivity (Wildman–Crippen MR) is 57.4 cm³/mol. The van der Waals surface area contributed by atoms with Crippen molar-refractivity contribution in [2.75, 3.05) is 5.75 Å². The van der Waals surface area contributed by atoms with E-state index in [2.05, 4.69) is 13.8 Å². The van der Waals surface area contributed by atoms with E-state index in [1.165, 1.54) is 0 Å². The summed E-state index contributed by atoms with van der Waals surface area (Å²) in [6, 6.07) is 0. The van der Waals surface area contributed by atoms with Crippen molar-refractivity contribution >= 4 is 11.1 Å². The van der Waals surface area contributed by atoms with Crippen LogP contribution in [0.15, 0.2) is 11.1 Å². The molecule has 1 rings (SSSR count). The van der Waals surface area contributed by atoms with E-state index in [1.807, 2.05) is 6.92 Å². The average molecular weight is 218 g/mol. The lowest BCUT2D eigenvalue weighted by Crippen LogP contribution is -2.30. The largest absolute Gasteiger partial charge is 0.389 e. The fourth-order valence-electron chi connectivity index (χ4n) is 2.03. The summed E-state index contributed by atoms with van der Waals surface area (Å²) in [7, 11) is 0. The van der Waals surface area contributed by atoms with Crippen LogP contribution in [0.3, 0.4) is 0 Å². The van der Waals surface area contributed by atoms with Crippen molar-refractivity contribution in [1.82, 2.24) is 0 Å². The van der Waals surface area contributed by atoms with Crippen LogP contribution in [0.5, 0.6) is 0 Å². The summed E-state index contributed by atoms with van der Waals surface area (Å²) in [4.78, 5) is 0. The zero-order valence-corrected chi connectivity index (χ0v) is 9.73. The second-order valence-corrected chi connectivity index (χ2v) is 5.50. The van der Waals surface area contributed by atoms with Crippen LogP contribution in [0.1, 0.15) is 33.6 Å². The third-order valence-electron chi connectivity index (χ3n) is 3.10. The monoisotopic (exact) mass is 218 g/mol. The molecule has 14 heavy (non-hydrogen) atoms. The molecule has 1 aliphatic carbocycles. The highest BCUT2D eigenvalue weighted by atomic mass is 32.2. The van der Waals surface area contributed by atoms with Crippen molar-refractivity contribution in [2.45, 2.75) is 39.7 Å². The molecule has 1 aliphatic rings. The Kier molecular flexibility index (Phi) is 3.50. The molecule has 0 spiro atoms. The summed E-state index contributed by atoms with van der Waals surface area (Å²) in [5.74, 6) is 0.163. The first-order valence-electron chi connectivity index (χ1n) is 4.80. The van der Waals surface area contributed by atoms with Gasteiger partial charge < -0.3 is 9.66 Å². The standard InChI is InChI=1S/C10H18O3S/c1-7-8(6-14(12)13)10(2,3)5-4-9(7)11/h9,11H,4-6H2,1-3H3,(H,12,13). The van der Waals surface area contributed by atoms with Crippen LogP contribution in [-0.4, -0.2) is 25.7 Å². The maximum Gasteiger partial charge on any atom is 0.157 e. The Hall–Kier alpha value is -0.190. The second kappa shape index (κ2) is 4.13. The van der Waals surface area contributed by atoms with Gasteiger partial charge in [-0.3, -0.25) is 0 Å². The highest BCUT2D eigenvalue weighted by Crippen LogP contribution is 2.40. The molecule has 0 saturated carbocycles. The first-order valence-corrected chi connectivity index (χ1v) is 6.08. The minimum atomic E-state index is -1.81. The van der Waals surface area contributed by atoms with Crippen LogP contribution >= 0.6 is 0 Å². The van der Waals surface area contributed by atoms with Gasteiger partial charge in [-0.25, -0.2) is 4.21 Å². The maximum absolute atomic E-state index is 10.8. The van der Waals surface area contributed by atoms with E-state index in [-0.39, 0.29) is 11.2 Å². The smallest absolute Gasteiger partial charge is 0.157 e. The topological polar surface area (TPSA) is 57.5 Å². The van der Waals surface area contributed by atoms with Gasteiger partial charge in [-0.15, -0.1) is 0 Å². The van der Waals surface area contributed by atoms with E-state index in [4.69, 9.17) is 4.55 Å². The molecule has 3 nitrogen and oxygen atoms in total. The van der Waals surface area contributed by atoms with Gasteiger partial charge in [0.25, 0.3) is 0 Å². The first-order chi connectivity index (χ1) is 6.34. The fourth-order valence-corrected chi connectivity index (χ4v) is 2.90. The van der Waals surface area contributed by atoms with Gasteiger partial charge in [0, 0.05) is 0 Å². The highest BCUT2D eigenvalue weighted by molar-refractivity contribution is 7.79. The maximum atomic E-state index is 10.8. The molecule has 0 saturated heterocycles. The van der Waals surface area contributed by atoms with Crippen molar-refractivity contribution < 1.29 is 13.9 Å². The molecular weight excluding hydrogens is 200 g/mol. The lowest BCUT2D eigenvalue weighted by atomic mass is 9.72. The van der Waals surface area contributed by atoms with E-state index in [9.17, 15) is 9.32 Å². The van der Waals surface area contributed by atoms with Crippen molar-refractivity contribution in [3.05, 3.63) is 11.1 Å². The molecular formula is C10H18O3S.